The number of quaternary nitrogens is 1. The van der Waals surface area contributed by atoms with Crippen molar-refractivity contribution in [2.75, 3.05) is 25.6 Å². The Balaban J connectivity index is 1.60. The third-order valence-corrected chi connectivity index (χ3v) is 4.33. The molecule has 0 saturated heterocycles. The minimum atomic E-state index is -0.326. The first-order valence-electron chi connectivity index (χ1n) is 8.30. The molecule has 1 aliphatic rings. The molecule has 2 aromatic rings. The van der Waals surface area contributed by atoms with Gasteiger partial charge < -0.3 is 19.7 Å². The first-order chi connectivity index (χ1) is 12.0. The smallest absolute Gasteiger partial charge is 0.282 e. The van der Waals surface area contributed by atoms with Crippen molar-refractivity contribution in [3.8, 4) is 11.5 Å². The summed E-state index contributed by atoms with van der Waals surface area (Å²) in [6.07, 6.45) is 0. The van der Waals surface area contributed by atoms with E-state index in [0.717, 1.165) is 22.0 Å². The maximum Gasteiger partial charge on any atom is 0.282 e. The lowest BCUT2D eigenvalue weighted by Crippen LogP contribution is -3.12. The van der Waals surface area contributed by atoms with Crippen molar-refractivity contribution in [2.45, 2.75) is 19.5 Å². The standard InChI is InChI=1S/C19H21FN2O3/c1-13(19(23)21-16-6-4-15(20)5-7-16)22(2)12-14-3-8-17-18(11-14)25-10-9-24-17/h3-8,11,13H,9-10,12H2,1-2H3,(H,21,23)/p+1/t13-/m0/s1. The highest BCUT2D eigenvalue weighted by atomic mass is 19.1. The Morgan fingerprint density at radius 2 is 1.84 bits per heavy atom. The Labute approximate surface area is 146 Å². The Morgan fingerprint density at radius 3 is 2.56 bits per heavy atom. The first kappa shape index (κ1) is 17.2. The van der Waals surface area contributed by atoms with Gasteiger partial charge in [-0.3, -0.25) is 4.79 Å². The minimum absolute atomic E-state index is 0.110. The normalized spacial score (nSPS) is 15.3. The average Bonchev–Trinajstić information content (AvgIpc) is 2.62. The second kappa shape index (κ2) is 7.53. The van der Waals surface area contributed by atoms with E-state index in [1.54, 1.807) is 12.1 Å². The quantitative estimate of drug-likeness (QED) is 0.866. The van der Waals surface area contributed by atoms with Gasteiger partial charge in [0, 0.05) is 11.3 Å². The van der Waals surface area contributed by atoms with Crippen LogP contribution in [0.15, 0.2) is 42.5 Å². The van der Waals surface area contributed by atoms with Crippen molar-refractivity contribution < 1.29 is 23.6 Å². The summed E-state index contributed by atoms with van der Waals surface area (Å²) >= 11 is 0. The lowest BCUT2D eigenvalue weighted by Gasteiger charge is -2.23. The van der Waals surface area contributed by atoms with E-state index >= 15 is 0 Å². The van der Waals surface area contributed by atoms with Gasteiger partial charge in [-0.1, -0.05) is 0 Å². The summed E-state index contributed by atoms with van der Waals surface area (Å²) in [5.41, 5.74) is 1.66. The Kier molecular flexibility index (Phi) is 5.19. The summed E-state index contributed by atoms with van der Waals surface area (Å²) in [5, 5.41) is 2.81. The Bertz CT molecular complexity index is 749. The van der Waals surface area contributed by atoms with Gasteiger partial charge in [0.15, 0.2) is 17.5 Å². The van der Waals surface area contributed by atoms with E-state index in [1.807, 2.05) is 32.2 Å². The van der Waals surface area contributed by atoms with Gasteiger partial charge in [0.05, 0.1) is 7.05 Å². The van der Waals surface area contributed by atoms with Crippen LogP contribution >= 0.6 is 0 Å². The van der Waals surface area contributed by atoms with Crippen LogP contribution in [0.1, 0.15) is 12.5 Å². The van der Waals surface area contributed by atoms with Crippen molar-refractivity contribution in [1.29, 1.82) is 0 Å². The Morgan fingerprint density at radius 1 is 1.16 bits per heavy atom. The molecular formula is C19H22FN2O3+. The van der Waals surface area contributed by atoms with E-state index < -0.39 is 0 Å². The molecule has 132 valence electrons. The third kappa shape index (κ3) is 4.28. The third-order valence-electron chi connectivity index (χ3n) is 4.33. The fraction of sp³-hybridized carbons (Fsp3) is 0.316. The van der Waals surface area contributed by atoms with Crippen LogP contribution in [-0.2, 0) is 11.3 Å². The molecule has 0 fully saturated rings. The predicted octanol–water partition coefficient (Wildman–Crippen LogP) is 1.64. The molecule has 5 nitrogen and oxygen atoms in total. The number of amides is 1. The van der Waals surface area contributed by atoms with Crippen molar-refractivity contribution in [2.24, 2.45) is 0 Å². The second-order valence-corrected chi connectivity index (χ2v) is 6.22. The summed E-state index contributed by atoms with van der Waals surface area (Å²) in [7, 11) is 1.96. The number of carbonyl (C=O) groups is 1. The zero-order valence-electron chi connectivity index (χ0n) is 14.3. The lowest BCUT2D eigenvalue weighted by molar-refractivity contribution is -0.907. The number of likely N-dealkylation sites (N-methyl/N-ethyl adjacent to an activating group) is 1. The molecule has 2 aromatic carbocycles. The van der Waals surface area contributed by atoms with E-state index in [1.165, 1.54) is 12.1 Å². The van der Waals surface area contributed by atoms with Gasteiger partial charge in [-0.2, -0.15) is 0 Å². The predicted molar refractivity (Wildman–Crippen MR) is 92.5 cm³/mol. The van der Waals surface area contributed by atoms with Crippen molar-refractivity contribution in [1.82, 2.24) is 0 Å². The number of fused-ring (bicyclic) bond motifs is 1. The molecule has 1 heterocycles. The number of ether oxygens (including phenoxy) is 2. The minimum Gasteiger partial charge on any atom is -0.486 e. The van der Waals surface area contributed by atoms with E-state index in [4.69, 9.17) is 9.47 Å². The van der Waals surface area contributed by atoms with Crippen LogP contribution in [0.2, 0.25) is 0 Å². The number of halogens is 1. The molecular weight excluding hydrogens is 323 g/mol. The summed E-state index contributed by atoms with van der Waals surface area (Å²) in [6.45, 7) is 3.66. The number of hydrogen-bond donors (Lipinski definition) is 2. The molecule has 0 spiro atoms. The number of rotatable bonds is 5. The summed E-state index contributed by atoms with van der Waals surface area (Å²) < 4.78 is 24.1. The molecule has 25 heavy (non-hydrogen) atoms. The van der Waals surface area contributed by atoms with Gasteiger partial charge in [-0.05, 0) is 49.4 Å². The highest BCUT2D eigenvalue weighted by molar-refractivity contribution is 5.93. The lowest BCUT2D eigenvalue weighted by atomic mass is 10.1. The summed E-state index contributed by atoms with van der Waals surface area (Å²) in [4.78, 5) is 13.4. The second-order valence-electron chi connectivity index (χ2n) is 6.22. The molecule has 3 rings (SSSR count). The van der Waals surface area contributed by atoms with Crippen molar-refractivity contribution in [3.63, 3.8) is 0 Å². The van der Waals surface area contributed by atoms with Crippen molar-refractivity contribution in [3.05, 3.63) is 53.8 Å². The van der Waals surface area contributed by atoms with Crippen LogP contribution in [0.3, 0.4) is 0 Å². The van der Waals surface area contributed by atoms with Gasteiger partial charge in [0.25, 0.3) is 5.91 Å². The molecule has 1 unspecified atom stereocenters. The van der Waals surface area contributed by atoms with E-state index in [-0.39, 0.29) is 17.8 Å². The number of anilines is 1. The van der Waals surface area contributed by atoms with E-state index in [9.17, 15) is 9.18 Å². The molecule has 6 heteroatoms. The molecule has 1 amide bonds. The first-order valence-corrected chi connectivity index (χ1v) is 8.30. The fourth-order valence-corrected chi connectivity index (χ4v) is 2.68. The highest BCUT2D eigenvalue weighted by Crippen LogP contribution is 2.30. The SMILES string of the molecule is C[C@@H](C(=O)Nc1ccc(F)cc1)[NH+](C)Cc1ccc2c(c1)OCCO2. The molecule has 0 aromatic heterocycles. The summed E-state index contributed by atoms with van der Waals surface area (Å²) in [5.74, 6) is 1.07. The van der Waals surface area contributed by atoms with Gasteiger partial charge in [-0.15, -0.1) is 0 Å². The number of carbonyl (C=O) groups excluding carboxylic acids is 1. The number of benzene rings is 2. The maximum absolute atomic E-state index is 12.9. The maximum atomic E-state index is 12.9. The fourth-order valence-electron chi connectivity index (χ4n) is 2.68. The Hall–Kier alpha value is -2.60. The number of hydrogen-bond acceptors (Lipinski definition) is 3. The van der Waals surface area contributed by atoms with Crippen molar-refractivity contribution >= 4 is 11.6 Å². The zero-order chi connectivity index (χ0) is 17.8. The topological polar surface area (TPSA) is 52.0 Å². The largest absolute Gasteiger partial charge is 0.486 e. The van der Waals surface area contributed by atoms with Gasteiger partial charge >= 0.3 is 0 Å². The van der Waals surface area contributed by atoms with Crippen LogP contribution in [0.5, 0.6) is 11.5 Å². The number of nitrogens with one attached hydrogen (secondary N) is 2. The van der Waals surface area contributed by atoms with Gasteiger partial charge in [0.1, 0.15) is 25.6 Å². The average molecular weight is 345 g/mol. The van der Waals surface area contributed by atoms with Crippen LogP contribution in [-0.4, -0.2) is 32.2 Å². The molecule has 0 bridgehead atoms. The van der Waals surface area contributed by atoms with E-state index in [2.05, 4.69) is 5.32 Å². The molecule has 2 atom stereocenters. The zero-order valence-corrected chi connectivity index (χ0v) is 14.3. The summed E-state index contributed by atoms with van der Waals surface area (Å²) in [6, 6.07) is 11.3. The van der Waals surface area contributed by atoms with Crippen LogP contribution in [0.4, 0.5) is 10.1 Å². The van der Waals surface area contributed by atoms with Gasteiger partial charge in [0.2, 0.25) is 0 Å². The van der Waals surface area contributed by atoms with E-state index in [0.29, 0.717) is 25.4 Å². The molecule has 0 aliphatic carbocycles. The van der Waals surface area contributed by atoms with Crippen LogP contribution < -0.4 is 19.7 Å². The van der Waals surface area contributed by atoms with Gasteiger partial charge in [-0.25, -0.2) is 4.39 Å². The molecule has 1 aliphatic heterocycles. The van der Waals surface area contributed by atoms with Crippen LogP contribution in [0.25, 0.3) is 0 Å². The molecule has 0 radical (unpaired) electrons. The van der Waals surface area contributed by atoms with Crippen LogP contribution in [0, 0.1) is 5.82 Å². The molecule has 0 saturated carbocycles. The highest BCUT2D eigenvalue weighted by Gasteiger charge is 2.23. The molecule has 2 N–H and O–H groups in total. The monoisotopic (exact) mass is 345 g/mol.